The maximum absolute atomic E-state index is 5.09. The molecule has 0 saturated carbocycles. The van der Waals surface area contributed by atoms with Gasteiger partial charge in [-0.2, -0.15) is 0 Å². The topological polar surface area (TPSA) is 18.8 Å². The molecule has 1 aliphatic heterocycles. The van der Waals surface area contributed by atoms with Gasteiger partial charge in [-0.3, -0.25) is 14.8 Å². The van der Waals surface area contributed by atoms with Crippen LogP contribution >= 0.6 is 0 Å². The molecule has 2 aliphatic rings. The van der Waals surface area contributed by atoms with E-state index in [2.05, 4.69) is 72.5 Å². The van der Waals surface area contributed by atoms with E-state index in [4.69, 9.17) is 4.99 Å². The zero-order valence-corrected chi connectivity index (χ0v) is 13.5. The van der Waals surface area contributed by atoms with Crippen LogP contribution < -0.4 is 0 Å². The number of likely N-dealkylation sites (N-methyl/N-ethyl adjacent to an activating group) is 1. The van der Waals surface area contributed by atoms with Crippen molar-refractivity contribution in [3.05, 3.63) is 60.2 Å². The molecule has 3 heteroatoms. The fourth-order valence-electron chi connectivity index (χ4n) is 3.44. The molecule has 1 aromatic rings. The first-order chi connectivity index (χ1) is 10.7. The summed E-state index contributed by atoms with van der Waals surface area (Å²) in [6.45, 7) is 2.24. The van der Waals surface area contributed by atoms with Gasteiger partial charge in [0.1, 0.15) is 0 Å². The van der Waals surface area contributed by atoms with Gasteiger partial charge in [-0.15, -0.1) is 0 Å². The van der Waals surface area contributed by atoms with Gasteiger partial charge < -0.3 is 0 Å². The van der Waals surface area contributed by atoms with E-state index in [9.17, 15) is 0 Å². The van der Waals surface area contributed by atoms with Crippen LogP contribution in [0.5, 0.6) is 0 Å². The summed E-state index contributed by atoms with van der Waals surface area (Å²) in [5.41, 5.74) is 0.867. The summed E-state index contributed by atoms with van der Waals surface area (Å²) < 4.78 is 0. The molecule has 1 heterocycles. The molecular weight excluding hydrogens is 270 g/mol. The van der Waals surface area contributed by atoms with Gasteiger partial charge >= 0.3 is 0 Å². The van der Waals surface area contributed by atoms with E-state index < -0.39 is 0 Å². The molecule has 1 aliphatic carbocycles. The fourth-order valence-corrected chi connectivity index (χ4v) is 3.44. The lowest BCUT2D eigenvalue weighted by atomic mass is 9.92. The lowest BCUT2D eigenvalue weighted by molar-refractivity contribution is 0.0968. The Hall–Kier alpha value is -1.71. The molecule has 22 heavy (non-hydrogen) atoms. The Bertz CT molecular complexity index is 568. The highest BCUT2D eigenvalue weighted by molar-refractivity contribution is 5.80. The zero-order chi connectivity index (χ0) is 15.4. The molecule has 2 atom stereocenters. The summed E-state index contributed by atoms with van der Waals surface area (Å²) >= 11 is 0. The third kappa shape index (κ3) is 2.92. The zero-order valence-electron chi connectivity index (χ0n) is 13.5. The number of hydrogen-bond acceptors (Lipinski definition) is 3. The Balaban J connectivity index is 1.97. The summed E-state index contributed by atoms with van der Waals surface area (Å²) in [7, 11) is 4.27. The number of aliphatic imine (C=N–C) groups is 1. The van der Waals surface area contributed by atoms with Crippen LogP contribution in [0.3, 0.4) is 0 Å². The molecule has 3 rings (SSSR count). The Kier molecular flexibility index (Phi) is 4.55. The fraction of sp³-hybridized carbons (Fsp3) is 0.421. The first-order valence-electron chi connectivity index (χ1n) is 8.10. The number of rotatable bonds is 4. The van der Waals surface area contributed by atoms with Gasteiger partial charge in [-0.25, -0.2) is 0 Å². The molecule has 1 fully saturated rings. The van der Waals surface area contributed by atoms with Crippen molar-refractivity contribution in [2.75, 3.05) is 27.2 Å². The van der Waals surface area contributed by atoms with E-state index >= 15 is 0 Å². The number of nitrogens with zero attached hydrogens (tertiary/aromatic N) is 3. The van der Waals surface area contributed by atoms with E-state index in [-0.39, 0.29) is 11.7 Å². The molecule has 0 radical (unpaired) electrons. The van der Waals surface area contributed by atoms with E-state index in [1.54, 1.807) is 0 Å². The highest BCUT2D eigenvalue weighted by Gasteiger charge is 2.43. The van der Waals surface area contributed by atoms with Crippen LogP contribution in [0, 0.1) is 0 Å². The summed E-state index contributed by atoms with van der Waals surface area (Å²) in [5, 5.41) is 0. The first-order valence-corrected chi connectivity index (χ1v) is 8.10. The van der Waals surface area contributed by atoms with Crippen molar-refractivity contribution in [2.24, 2.45) is 4.99 Å². The van der Waals surface area contributed by atoms with Crippen molar-refractivity contribution >= 4 is 6.21 Å². The van der Waals surface area contributed by atoms with Gasteiger partial charge in [0.15, 0.2) is 5.66 Å². The SMILES string of the molecule is CN(C)C1C=CC=CC1(N=Cc1ccccc1)N1CCCC1. The molecule has 0 aromatic heterocycles. The van der Waals surface area contributed by atoms with Crippen molar-refractivity contribution in [3.63, 3.8) is 0 Å². The van der Waals surface area contributed by atoms with Crippen LogP contribution in [0.15, 0.2) is 59.6 Å². The smallest absolute Gasteiger partial charge is 0.151 e. The van der Waals surface area contributed by atoms with Crippen molar-refractivity contribution in [3.8, 4) is 0 Å². The van der Waals surface area contributed by atoms with Gasteiger partial charge in [0.2, 0.25) is 0 Å². The minimum atomic E-state index is -0.287. The summed E-state index contributed by atoms with van der Waals surface area (Å²) in [6, 6.07) is 10.6. The predicted octanol–water partition coefficient (Wildman–Crippen LogP) is 2.95. The third-order valence-corrected chi connectivity index (χ3v) is 4.57. The molecule has 116 valence electrons. The summed E-state index contributed by atoms with van der Waals surface area (Å²) in [5.74, 6) is 0. The molecule has 2 unspecified atom stereocenters. The monoisotopic (exact) mass is 295 g/mol. The second kappa shape index (κ2) is 6.59. The molecule has 0 amide bonds. The van der Waals surface area contributed by atoms with E-state index in [1.807, 2.05) is 12.3 Å². The quantitative estimate of drug-likeness (QED) is 0.795. The maximum atomic E-state index is 5.09. The first kappa shape index (κ1) is 15.2. The largest absolute Gasteiger partial charge is 0.299 e. The number of likely N-dealkylation sites (tertiary alicyclic amines) is 1. The van der Waals surface area contributed by atoms with Gasteiger partial charge in [-0.05, 0) is 38.6 Å². The lowest BCUT2D eigenvalue weighted by Gasteiger charge is -2.45. The second-order valence-electron chi connectivity index (χ2n) is 6.30. The molecule has 1 saturated heterocycles. The normalized spacial score (nSPS) is 29.0. The molecule has 1 aromatic carbocycles. The molecule has 0 spiro atoms. The Morgan fingerprint density at radius 1 is 1.14 bits per heavy atom. The van der Waals surface area contributed by atoms with Crippen molar-refractivity contribution in [2.45, 2.75) is 24.5 Å². The summed E-state index contributed by atoms with van der Waals surface area (Å²) in [4.78, 5) is 9.88. The third-order valence-electron chi connectivity index (χ3n) is 4.57. The number of allylic oxidation sites excluding steroid dienone is 2. The molecule has 3 nitrogen and oxygen atoms in total. The lowest BCUT2D eigenvalue weighted by Crippen LogP contribution is -2.58. The Morgan fingerprint density at radius 2 is 1.86 bits per heavy atom. The highest BCUT2D eigenvalue weighted by Crippen LogP contribution is 2.33. The second-order valence-corrected chi connectivity index (χ2v) is 6.30. The predicted molar refractivity (Wildman–Crippen MR) is 93.3 cm³/mol. The van der Waals surface area contributed by atoms with Gasteiger partial charge in [0.25, 0.3) is 0 Å². The number of benzene rings is 1. The van der Waals surface area contributed by atoms with Gasteiger partial charge in [-0.1, -0.05) is 48.6 Å². The Morgan fingerprint density at radius 3 is 2.55 bits per heavy atom. The molecule has 0 bridgehead atoms. The maximum Gasteiger partial charge on any atom is 0.151 e. The Labute approximate surface area is 133 Å². The van der Waals surface area contributed by atoms with E-state index in [0.29, 0.717) is 0 Å². The van der Waals surface area contributed by atoms with E-state index in [1.165, 1.54) is 12.8 Å². The average Bonchev–Trinajstić information content (AvgIpc) is 3.09. The van der Waals surface area contributed by atoms with Crippen LogP contribution in [0.4, 0.5) is 0 Å². The number of hydrogen-bond donors (Lipinski definition) is 0. The molecular formula is C19H25N3. The average molecular weight is 295 g/mol. The minimum absolute atomic E-state index is 0.260. The summed E-state index contributed by atoms with van der Waals surface area (Å²) in [6.07, 6.45) is 13.4. The van der Waals surface area contributed by atoms with Gasteiger partial charge in [0, 0.05) is 19.3 Å². The molecule has 0 N–H and O–H groups in total. The van der Waals surface area contributed by atoms with Crippen LogP contribution in [0.25, 0.3) is 0 Å². The van der Waals surface area contributed by atoms with Crippen molar-refractivity contribution in [1.82, 2.24) is 9.80 Å². The minimum Gasteiger partial charge on any atom is -0.299 e. The highest BCUT2D eigenvalue weighted by atomic mass is 15.3. The van der Waals surface area contributed by atoms with E-state index in [0.717, 1.165) is 18.7 Å². The van der Waals surface area contributed by atoms with Crippen LogP contribution in [-0.2, 0) is 0 Å². The standard InChI is InChI=1S/C19H25N3/c1-21(2)18-12-6-7-13-19(18,22-14-8-9-15-22)20-16-17-10-4-3-5-11-17/h3-7,10-13,16,18H,8-9,14-15H2,1-2H3. The van der Waals surface area contributed by atoms with Crippen molar-refractivity contribution < 1.29 is 0 Å². The van der Waals surface area contributed by atoms with Gasteiger partial charge in [0.05, 0.1) is 6.04 Å². The van der Waals surface area contributed by atoms with Crippen LogP contribution in [0.1, 0.15) is 18.4 Å². The van der Waals surface area contributed by atoms with Crippen LogP contribution in [-0.4, -0.2) is 54.9 Å². The van der Waals surface area contributed by atoms with Crippen LogP contribution in [0.2, 0.25) is 0 Å². The van der Waals surface area contributed by atoms with Crippen molar-refractivity contribution in [1.29, 1.82) is 0 Å².